The van der Waals surface area contributed by atoms with E-state index in [1.807, 2.05) is 0 Å². The van der Waals surface area contributed by atoms with Crippen molar-refractivity contribution in [3.05, 3.63) is 65.0 Å². The smallest absolute Gasteiger partial charge is 0.263 e. The second kappa shape index (κ2) is 7.42. The molecule has 1 heterocycles. The zero-order valence-corrected chi connectivity index (χ0v) is 14.9. The summed E-state index contributed by atoms with van der Waals surface area (Å²) in [5.74, 6) is -2.83. The lowest BCUT2D eigenvalue weighted by Crippen LogP contribution is -2.33. The number of likely N-dealkylation sites (N-methyl/N-ethyl adjacent to an activating group) is 1. The first-order chi connectivity index (χ1) is 12.8. The Morgan fingerprint density at radius 3 is 2.48 bits per heavy atom. The molecule has 2 amide bonds. The third kappa shape index (κ3) is 3.67. The molecule has 0 radical (unpaired) electrons. The molecule has 142 valence electrons. The van der Waals surface area contributed by atoms with Crippen LogP contribution in [0.5, 0.6) is 0 Å². The molecule has 2 atom stereocenters. The van der Waals surface area contributed by atoms with E-state index in [1.165, 1.54) is 48.2 Å². The predicted molar refractivity (Wildman–Crippen MR) is 95.0 cm³/mol. The molecule has 1 aliphatic heterocycles. The van der Waals surface area contributed by atoms with Gasteiger partial charge in [-0.3, -0.25) is 9.59 Å². The molecule has 1 aliphatic rings. The van der Waals surface area contributed by atoms with Crippen LogP contribution in [-0.4, -0.2) is 30.3 Å². The number of likely N-dealkylation sites (tertiary alicyclic amines) is 1. The third-order valence-electron chi connectivity index (χ3n) is 4.94. The molecule has 3 rings (SSSR count). The van der Waals surface area contributed by atoms with E-state index in [4.69, 9.17) is 0 Å². The second-order valence-corrected chi connectivity index (χ2v) is 6.67. The van der Waals surface area contributed by atoms with Crippen molar-refractivity contribution in [3.8, 4) is 0 Å². The monoisotopic (exact) mass is 376 g/mol. The van der Waals surface area contributed by atoms with Crippen molar-refractivity contribution in [3.63, 3.8) is 0 Å². The molecular formula is C20H19F3N2O2. The first-order valence-corrected chi connectivity index (χ1v) is 8.48. The molecule has 4 nitrogen and oxygen atoms in total. The Labute approximate surface area is 155 Å². The van der Waals surface area contributed by atoms with E-state index < -0.39 is 30.0 Å². The molecule has 1 saturated heterocycles. The lowest BCUT2D eigenvalue weighted by Gasteiger charge is -2.18. The Hall–Kier alpha value is -2.83. The van der Waals surface area contributed by atoms with Crippen molar-refractivity contribution in [2.24, 2.45) is 5.92 Å². The normalized spacial score (nSPS) is 19.6. The zero-order chi connectivity index (χ0) is 19.7. The van der Waals surface area contributed by atoms with Gasteiger partial charge in [-0.05, 0) is 24.6 Å². The molecule has 1 N–H and O–H groups in total. The molecule has 0 bridgehead atoms. The van der Waals surface area contributed by atoms with Gasteiger partial charge in [0, 0.05) is 36.3 Å². The molecule has 0 unspecified atom stereocenters. The molecule has 0 spiro atoms. The van der Waals surface area contributed by atoms with Crippen LogP contribution in [0.25, 0.3) is 0 Å². The number of anilines is 1. The summed E-state index contributed by atoms with van der Waals surface area (Å²) in [7, 11) is 1.59. The summed E-state index contributed by atoms with van der Waals surface area (Å²) in [4.78, 5) is 26.7. The molecule has 0 aromatic heterocycles. The number of hydrogen-bond acceptors (Lipinski definition) is 2. The van der Waals surface area contributed by atoms with Gasteiger partial charge in [-0.2, -0.15) is 0 Å². The number of amides is 2. The summed E-state index contributed by atoms with van der Waals surface area (Å²) in [5.41, 5.74) is 1.10. The highest BCUT2D eigenvalue weighted by Gasteiger charge is 2.44. The average molecular weight is 376 g/mol. The minimum Gasteiger partial charge on any atom is -0.344 e. The fraction of sp³-hybridized carbons (Fsp3) is 0.300. The van der Waals surface area contributed by atoms with Crippen LogP contribution in [0, 0.1) is 18.7 Å². The van der Waals surface area contributed by atoms with E-state index in [0.29, 0.717) is 17.8 Å². The first-order valence-electron chi connectivity index (χ1n) is 8.48. The van der Waals surface area contributed by atoms with Crippen LogP contribution >= 0.6 is 0 Å². The van der Waals surface area contributed by atoms with E-state index in [-0.39, 0.29) is 17.0 Å². The number of benzene rings is 2. The number of hydrogen-bond donors (Lipinski definition) is 1. The molecule has 7 heteroatoms. The van der Waals surface area contributed by atoms with Crippen molar-refractivity contribution >= 4 is 17.5 Å². The number of alkyl halides is 2. The number of nitrogens with zero attached hydrogens (tertiary/aromatic N) is 1. The maximum Gasteiger partial charge on any atom is 0.263 e. The Bertz CT molecular complexity index is 868. The van der Waals surface area contributed by atoms with E-state index >= 15 is 0 Å². The van der Waals surface area contributed by atoms with Gasteiger partial charge in [0.1, 0.15) is 11.7 Å². The Morgan fingerprint density at radius 1 is 1.19 bits per heavy atom. The van der Waals surface area contributed by atoms with Crippen molar-refractivity contribution in [2.75, 3.05) is 18.9 Å². The number of nitrogens with one attached hydrogen (secondary N) is 1. The largest absolute Gasteiger partial charge is 0.344 e. The van der Waals surface area contributed by atoms with Gasteiger partial charge in [-0.25, -0.2) is 13.2 Å². The highest BCUT2D eigenvalue weighted by molar-refractivity contribution is 6.08. The number of rotatable bonds is 4. The molecular weight excluding hydrogens is 357 g/mol. The van der Waals surface area contributed by atoms with Crippen LogP contribution in [0.3, 0.4) is 0 Å². The Morgan fingerprint density at radius 2 is 1.85 bits per heavy atom. The van der Waals surface area contributed by atoms with Gasteiger partial charge in [0.15, 0.2) is 0 Å². The Balaban J connectivity index is 1.87. The fourth-order valence-corrected chi connectivity index (χ4v) is 3.33. The average Bonchev–Trinajstić information content (AvgIpc) is 2.94. The summed E-state index contributed by atoms with van der Waals surface area (Å²) in [6.07, 6.45) is -2.58. The summed E-state index contributed by atoms with van der Waals surface area (Å²) in [5, 5.41) is 2.63. The van der Waals surface area contributed by atoms with Crippen LogP contribution < -0.4 is 5.32 Å². The lowest BCUT2D eigenvalue weighted by molar-refractivity contribution is -0.135. The quantitative estimate of drug-likeness (QED) is 0.824. The number of halogens is 3. The second-order valence-electron chi connectivity index (χ2n) is 6.67. The maximum atomic E-state index is 13.7. The SMILES string of the molecule is Cc1c(F)cccc1NC(=O)[C@H]1C(=O)N(C)C[C@@H]1c1ccc(C(F)F)cc1. The highest BCUT2D eigenvalue weighted by atomic mass is 19.3. The minimum atomic E-state index is -2.58. The van der Waals surface area contributed by atoms with Crippen molar-refractivity contribution in [1.82, 2.24) is 4.90 Å². The zero-order valence-electron chi connectivity index (χ0n) is 14.9. The number of carbonyl (C=O) groups is 2. The van der Waals surface area contributed by atoms with Gasteiger partial charge < -0.3 is 10.2 Å². The minimum absolute atomic E-state index is 0.118. The van der Waals surface area contributed by atoms with Gasteiger partial charge in [-0.1, -0.05) is 30.3 Å². The summed E-state index contributed by atoms with van der Waals surface area (Å²) in [6.45, 7) is 1.83. The third-order valence-corrected chi connectivity index (χ3v) is 4.94. The van der Waals surface area contributed by atoms with Crippen LogP contribution in [0.1, 0.15) is 29.0 Å². The standard InChI is InChI=1S/C20H19F3N2O2/c1-11-15(21)4-3-5-16(11)24-19(26)17-14(10-25(2)20(17)27)12-6-8-13(9-7-12)18(22)23/h3-9,14,17-18H,10H2,1-2H3,(H,24,26)/t14-,17+/m1/s1. The predicted octanol–water partition coefficient (Wildman–Crippen LogP) is 3.88. The van der Waals surface area contributed by atoms with Crippen molar-refractivity contribution in [2.45, 2.75) is 19.3 Å². The van der Waals surface area contributed by atoms with Gasteiger partial charge in [0.25, 0.3) is 6.43 Å². The molecule has 2 aromatic carbocycles. The van der Waals surface area contributed by atoms with Gasteiger partial charge in [0.2, 0.25) is 11.8 Å². The summed E-state index contributed by atoms with van der Waals surface area (Å²) in [6, 6.07) is 9.96. The van der Waals surface area contributed by atoms with E-state index in [0.717, 1.165) is 0 Å². The summed E-state index contributed by atoms with van der Waals surface area (Å²) < 4.78 is 39.2. The van der Waals surface area contributed by atoms with Gasteiger partial charge in [-0.15, -0.1) is 0 Å². The molecule has 0 saturated carbocycles. The Kier molecular flexibility index (Phi) is 5.21. The maximum absolute atomic E-state index is 13.7. The first kappa shape index (κ1) is 18.9. The van der Waals surface area contributed by atoms with Crippen LogP contribution in [0.4, 0.5) is 18.9 Å². The molecule has 0 aliphatic carbocycles. The highest BCUT2D eigenvalue weighted by Crippen LogP contribution is 2.35. The van der Waals surface area contributed by atoms with E-state index in [9.17, 15) is 22.8 Å². The molecule has 1 fully saturated rings. The van der Waals surface area contributed by atoms with Crippen LogP contribution in [0.15, 0.2) is 42.5 Å². The van der Waals surface area contributed by atoms with E-state index in [2.05, 4.69) is 5.32 Å². The van der Waals surface area contributed by atoms with Gasteiger partial charge in [0.05, 0.1) is 0 Å². The molecule has 27 heavy (non-hydrogen) atoms. The lowest BCUT2D eigenvalue weighted by atomic mass is 9.87. The van der Waals surface area contributed by atoms with Crippen LogP contribution in [0.2, 0.25) is 0 Å². The van der Waals surface area contributed by atoms with Crippen molar-refractivity contribution in [1.29, 1.82) is 0 Å². The van der Waals surface area contributed by atoms with Crippen molar-refractivity contribution < 1.29 is 22.8 Å². The van der Waals surface area contributed by atoms with Crippen LogP contribution in [-0.2, 0) is 9.59 Å². The number of carbonyl (C=O) groups excluding carboxylic acids is 2. The van der Waals surface area contributed by atoms with E-state index in [1.54, 1.807) is 13.1 Å². The molecule has 2 aromatic rings. The fourth-order valence-electron chi connectivity index (χ4n) is 3.33. The summed E-state index contributed by atoms with van der Waals surface area (Å²) >= 11 is 0. The van der Waals surface area contributed by atoms with Gasteiger partial charge >= 0.3 is 0 Å². The topological polar surface area (TPSA) is 49.4 Å².